The molecule has 2 aliphatic rings. The second-order valence-corrected chi connectivity index (χ2v) is 11.0. The Morgan fingerprint density at radius 2 is 1.04 bits per heavy atom. The summed E-state index contributed by atoms with van der Waals surface area (Å²) >= 11 is 2.22. The molecule has 12 heteroatoms. The predicted octanol–water partition coefficient (Wildman–Crippen LogP) is 5.40. The van der Waals surface area contributed by atoms with Gasteiger partial charge >= 0.3 is 27.7 Å². The second-order valence-electron chi connectivity index (χ2n) is 11.0. The summed E-state index contributed by atoms with van der Waals surface area (Å²) in [4.78, 5) is 57.2. The average Bonchev–Trinajstić information content (AvgIpc) is 3.63. The summed E-state index contributed by atoms with van der Waals surface area (Å²) in [6, 6.07) is 6.46. The molecule has 0 aromatic heterocycles. The van der Waals surface area contributed by atoms with Crippen LogP contribution in [0.25, 0.3) is 0 Å². The Labute approximate surface area is 280 Å². The van der Waals surface area contributed by atoms with Crippen molar-refractivity contribution < 1.29 is 46.8 Å². The van der Waals surface area contributed by atoms with Crippen LogP contribution >= 0.6 is 9.53 Å². The number of hydrogen-bond acceptors (Lipinski definition) is 8. The molecule has 2 aromatic rings. The number of carbonyl (C=O) groups excluding carboxylic acids is 4. The Morgan fingerprint density at radius 1 is 0.733 bits per heavy atom. The van der Waals surface area contributed by atoms with Crippen molar-refractivity contribution in [2.45, 2.75) is 79.3 Å². The minimum atomic E-state index is -0.471. The topological polar surface area (TPSA) is 136 Å². The molecule has 2 heterocycles. The van der Waals surface area contributed by atoms with Gasteiger partial charge in [-0.1, -0.05) is 0 Å². The zero-order valence-electron chi connectivity index (χ0n) is 26.7. The quantitative estimate of drug-likeness (QED) is 0.181. The molecule has 2 fully saturated rings. The molecule has 0 aliphatic carbocycles. The number of halogens is 1. The van der Waals surface area contributed by atoms with Crippen LogP contribution in [0.4, 0.5) is 11.4 Å². The first-order chi connectivity index (χ1) is 20.9. The van der Waals surface area contributed by atoms with Crippen molar-refractivity contribution in [2.24, 2.45) is 9.98 Å². The van der Waals surface area contributed by atoms with Crippen molar-refractivity contribution >= 4 is 55.7 Å². The van der Waals surface area contributed by atoms with Gasteiger partial charge in [0, 0.05) is 12.8 Å². The first kappa shape index (κ1) is 37.8. The van der Waals surface area contributed by atoms with Gasteiger partial charge in [0.25, 0.3) is 0 Å². The number of aliphatic imine (C=N–C) groups is 2. The van der Waals surface area contributed by atoms with Gasteiger partial charge in [0.2, 0.25) is 11.8 Å². The Kier molecular flexibility index (Phi) is 14.6. The van der Waals surface area contributed by atoms with E-state index in [9.17, 15) is 19.2 Å². The maximum absolute atomic E-state index is 12.3. The summed E-state index contributed by atoms with van der Waals surface area (Å²) < 4.78 is 11.5. The van der Waals surface area contributed by atoms with Gasteiger partial charge < -0.3 is 27.5 Å². The van der Waals surface area contributed by atoms with Gasteiger partial charge in [0.1, 0.15) is 24.7 Å². The molecule has 2 saturated heterocycles. The molecule has 0 spiro atoms. The van der Waals surface area contributed by atoms with E-state index in [-0.39, 0.29) is 44.0 Å². The van der Waals surface area contributed by atoms with Gasteiger partial charge in [-0.3, -0.25) is 29.2 Å². The molecule has 45 heavy (non-hydrogen) atoms. The van der Waals surface area contributed by atoms with Gasteiger partial charge in [-0.2, -0.15) is 0 Å². The average molecular weight is 732 g/mol. The molecule has 2 atom stereocenters. The van der Waals surface area contributed by atoms with Crippen LogP contribution in [0.3, 0.4) is 0 Å². The van der Waals surface area contributed by atoms with Crippen molar-refractivity contribution in [3.05, 3.63) is 53.9 Å². The Bertz CT molecular complexity index is 1350. The van der Waals surface area contributed by atoms with E-state index in [1.165, 1.54) is 0 Å². The molecule has 4 rings (SSSR count). The third kappa shape index (κ3) is 10.3. The van der Waals surface area contributed by atoms with Crippen LogP contribution in [0, 0.1) is 35.1 Å². The molecule has 2 aliphatic heterocycles. The van der Waals surface area contributed by atoms with Gasteiger partial charge in [0.05, 0.1) is 34.9 Å². The number of amides is 2. The molecular formula is C33H41ClN4O6Pd. The van der Waals surface area contributed by atoms with Crippen LogP contribution in [0.15, 0.2) is 34.3 Å². The number of rotatable bonds is 11. The summed E-state index contributed by atoms with van der Waals surface area (Å²) in [6.45, 7) is 11.4. The second kappa shape index (κ2) is 17.3. The molecule has 2 amide bonds. The van der Waals surface area contributed by atoms with Crippen molar-refractivity contribution in [3.8, 4) is 11.5 Å². The first-order valence-electron chi connectivity index (χ1n) is 14.3. The van der Waals surface area contributed by atoms with Crippen LogP contribution in [0.2, 0.25) is 0 Å². The molecule has 0 bridgehead atoms. The molecule has 246 valence electrons. The van der Waals surface area contributed by atoms with Crippen molar-refractivity contribution in [1.29, 1.82) is 0 Å². The molecule has 2 unspecified atom stereocenters. The number of nitrogens with one attached hydrogen (secondary N) is 2. The number of benzene rings is 2. The van der Waals surface area contributed by atoms with Crippen molar-refractivity contribution in [1.82, 2.24) is 10.6 Å². The normalized spacial score (nSPS) is 17.9. The maximum atomic E-state index is 12.3. The first-order valence-corrected chi connectivity index (χ1v) is 16.3. The number of nitrogens with zero attached hydrogens (tertiary/aromatic N) is 2. The summed E-state index contributed by atoms with van der Waals surface area (Å²) in [7, 11) is 4.49. The monoisotopic (exact) mass is 730 g/mol. The SMILES string of the molecule is CC(=Nc1c(C)cc(OCC(=O)C2CCC(=O)N2)cc1C)C(C)=Nc1c(C)cc(OCC(=O)C2CCC(=O)N2)cc1C.[CH3-].[Cl][Pd+]. The van der Waals surface area contributed by atoms with E-state index in [4.69, 9.17) is 19.5 Å². The van der Waals surface area contributed by atoms with Crippen LogP contribution in [-0.2, 0) is 37.4 Å². The fourth-order valence-electron chi connectivity index (χ4n) is 5.07. The van der Waals surface area contributed by atoms with Gasteiger partial charge in [-0.05, 0) is 101 Å². The number of ketones is 2. The number of Topliss-reactive ketones (excluding diaryl/α,β-unsaturated/α-hetero) is 2. The van der Waals surface area contributed by atoms with Crippen LogP contribution in [0.5, 0.6) is 11.5 Å². The molecule has 10 nitrogen and oxygen atoms in total. The Balaban J connectivity index is 0.00000230. The van der Waals surface area contributed by atoms with E-state index in [1.807, 2.05) is 65.8 Å². The number of hydrogen-bond donors (Lipinski definition) is 2. The van der Waals surface area contributed by atoms with E-state index >= 15 is 0 Å². The Hall–Kier alpha value is -3.39. The zero-order chi connectivity index (χ0) is 32.6. The third-order valence-electron chi connectivity index (χ3n) is 7.54. The standard InChI is InChI=1S/C32H38N4O6.CH3.ClH.Pd/c1-17-11-23(41-15-27(37)25-7-9-29(39)35-25)12-18(2)31(17)33-21(5)22(6)34-32-19(3)13-24(14-20(32)4)42-16-28(38)26-8-10-30(40)36-26;;;/h11-14,25-26H,7-10,15-16H2,1-6H3,(H,35,39)(H,36,40);1H3;1H;/q;-1;;+2/p-1. The summed E-state index contributed by atoms with van der Waals surface area (Å²) in [6.07, 6.45) is 1.75. The van der Waals surface area contributed by atoms with Crippen LogP contribution < -0.4 is 20.1 Å². The van der Waals surface area contributed by atoms with E-state index < -0.39 is 12.1 Å². The summed E-state index contributed by atoms with van der Waals surface area (Å²) in [5.41, 5.74) is 6.74. The molecule has 0 saturated carbocycles. The van der Waals surface area contributed by atoms with E-state index in [1.54, 1.807) is 0 Å². The van der Waals surface area contributed by atoms with Crippen LogP contribution in [0.1, 0.15) is 61.8 Å². The molecule has 2 N–H and O–H groups in total. The number of carbonyl (C=O) groups is 4. The molecule has 2 aromatic carbocycles. The summed E-state index contributed by atoms with van der Waals surface area (Å²) in [5.74, 6) is 0.667. The number of aryl methyl sites for hydroxylation is 4. The van der Waals surface area contributed by atoms with E-state index in [0.717, 1.165) is 45.1 Å². The van der Waals surface area contributed by atoms with Gasteiger partial charge in [-0.15, -0.1) is 0 Å². The minimum absolute atomic E-state index is 0. The zero-order valence-corrected chi connectivity index (χ0v) is 29.1. The summed E-state index contributed by atoms with van der Waals surface area (Å²) in [5, 5.41) is 5.35. The predicted molar refractivity (Wildman–Crippen MR) is 173 cm³/mol. The fraction of sp³-hybridized carbons (Fsp3) is 0.424. The number of ether oxygens (including phenoxy) is 2. The fourth-order valence-corrected chi connectivity index (χ4v) is 5.07. The van der Waals surface area contributed by atoms with Crippen molar-refractivity contribution in [3.63, 3.8) is 0 Å². The van der Waals surface area contributed by atoms with E-state index in [2.05, 4.69) is 38.3 Å². The van der Waals surface area contributed by atoms with Gasteiger partial charge in [0.15, 0.2) is 11.6 Å². The Morgan fingerprint density at radius 3 is 1.31 bits per heavy atom. The third-order valence-corrected chi connectivity index (χ3v) is 7.54. The van der Waals surface area contributed by atoms with E-state index in [0.29, 0.717) is 37.2 Å². The van der Waals surface area contributed by atoms with Crippen molar-refractivity contribution in [2.75, 3.05) is 13.2 Å². The molecular weight excluding hydrogens is 690 g/mol. The van der Waals surface area contributed by atoms with Crippen LogP contribution in [-0.4, -0.2) is 60.1 Å². The van der Waals surface area contributed by atoms with Gasteiger partial charge in [-0.25, -0.2) is 0 Å². The molecule has 0 radical (unpaired) electrons.